The summed E-state index contributed by atoms with van der Waals surface area (Å²) in [4.78, 5) is 5.10. The molecular weight excluding hydrogens is 172 g/mol. The van der Waals surface area contributed by atoms with Crippen LogP contribution in [0.2, 0.25) is 0 Å². The van der Waals surface area contributed by atoms with Gasteiger partial charge in [0.05, 0.1) is 0 Å². The van der Waals surface area contributed by atoms with Crippen molar-refractivity contribution in [1.82, 2.24) is 9.80 Å². The lowest BCUT2D eigenvalue weighted by Crippen LogP contribution is -2.35. The highest BCUT2D eigenvalue weighted by molar-refractivity contribution is 4.66. The Balaban J connectivity index is 2.33. The van der Waals surface area contributed by atoms with E-state index in [0.29, 0.717) is 0 Å². The first-order valence-corrected chi connectivity index (χ1v) is 6.13. The van der Waals surface area contributed by atoms with Gasteiger partial charge in [0, 0.05) is 6.04 Å². The van der Waals surface area contributed by atoms with Gasteiger partial charge in [-0.15, -0.1) is 0 Å². The summed E-state index contributed by atoms with van der Waals surface area (Å²) in [6.45, 7) is 9.78. The van der Waals surface area contributed by atoms with E-state index in [1.807, 2.05) is 0 Å². The summed E-state index contributed by atoms with van der Waals surface area (Å²) in [7, 11) is 2.25. The van der Waals surface area contributed by atoms with Crippen LogP contribution >= 0.6 is 0 Å². The van der Waals surface area contributed by atoms with E-state index < -0.39 is 0 Å². The summed E-state index contributed by atoms with van der Waals surface area (Å²) >= 11 is 0. The minimum atomic E-state index is 0.722. The van der Waals surface area contributed by atoms with Crippen LogP contribution in [0.5, 0.6) is 0 Å². The van der Waals surface area contributed by atoms with Crippen LogP contribution in [0.4, 0.5) is 0 Å². The van der Waals surface area contributed by atoms with Crippen LogP contribution in [0, 0.1) is 0 Å². The highest BCUT2D eigenvalue weighted by atomic mass is 15.2. The molecule has 0 amide bonds. The summed E-state index contributed by atoms with van der Waals surface area (Å²) in [6, 6.07) is 0.722. The largest absolute Gasteiger partial charge is 0.306 e. The fourth-order valence-corrected chi connectivity index (χ4v) is 2.16. The van der Waals surface area contributed by atoms with Crippen LogP contribution in [-0.2, 0) is 0 Å². The van der Waals surface area contributed by atoms with Gasteiger partial charge in [0.15, 0.2) is 0 Å². The molecule has 1 rings (SSSR count). The van der Waals surface area contributed by atoms with Gasteiger partial charge in [-0.2, -0.15) is 0 Å². The Morgan fingerprint density at radius 1 is 0.786 bits per heavy atom. The molecule has 0 unspecified atom stereocenters. The minimum Gasteiger partial charge on any atom is -0.306 e. The first-order valence-electron chi connectivity index (χ1n) is 6.13. The molecule has 1 heterocycles. The predicted octanol–water partition coefficient (Wildman–Crippen LogP) is 2.20. The summed E-state index contributed by atoms with van der Waals surface area (Å²) in [5.41, 5.74) is 0. The minimum absolute atomic E-state index is 0.722. The summed E-state index contributed by atoms with van der Waals surface area (Å²) in [5.74, 6) is 0. The molecule has 0 saturated carbocycles. The monoisotopic (exact) mass is 198 g/mol. The molecule has 0 bridgehead atoms. The Morgan fingerprint density at radius 2 is 1.36 bits per heavy atom. The Bertz CT molecular complexity index is 145. The van der Waals surface area contributed by atoms with Crippen LogP contribution in [-0.4, -0.2) is 49.1 Å². The van der Waals surface area contributed by atoms with E-state index in [0.717, 1.165) is 6.04 Å². The van der Waals surface area contributed by atoms with E-state index >= 15 is 0 Å². The van der Waals surface area contributed by atoms with E-state index in [-0.39, 0.29) is 0 Å². The van der Waals surface area contributed by atoms with Gasteiger partial charge in [-0.25, -0.2) is 0 Å². The average molecular weight is 198 g/mol. The number of nitrogens with zero attached hydrogens (tertiary/aromatic N) is 2. The Hall–Kier alpha value is -0.0800. The van der Waals surface area contributed by atoms with Crippen molar-refractivity contribution in [2.24, 2.45) is 0 Å². The van der Waals surface area contributed by atoms with Crippen LogP contribution in [0.15, 0.2) is 0 Å². The highest BCUT2D eigenvalue weighted by Gasteiger charge is 2.10. The molecule has 1 saturated heterocycles. The fourth-order valence-electron chi connectivity index (χ4n) is 2.16. The van der Waals surface area contributed by atoms with Crippen molar-refractivity contribution in [3.05, 3.63) is 0 Å². The summed E-state index contributed by atoms with van der Waals surface area (Å²) < 4.78 is 0. The number of hydrogen-bond donors (Lipinski definition) is 0. The SMILES string of the molecule is CC(C)N1CCCCCN(C)CCC1. The molecule has 2 heteroatoms. The van der Waals surface area contributed by atoms with Gasteiger partial charge < -0.3 is 9.80 Å². The molecule has 0 atom stereocenters. The molecule has 1 aliphatic rings. The maximum absolute atomic E-state index is 2.62. The zero-order chi connectivity index (χ0) is 10.4. The first kappa shape index (κ1) is 12.0. The zero-order valence-corrected chi connectivity index (χ0v) is 10.1. The van der Waals surface area contributed by atoms with Crippen molar-refractivity contribution < 1.29 is 0 Å². The fraction of sp³-hybridized carbons (Fsp3) is 1.00. The van der Waals surface area contributed by atoms with Crippen LogP contribution in [0.1, 0.15) is 39.5 Å². The second kappa shape index (κ2) is 6.41. The Labute approximate surface area is 89.3 Å². The van der Waals surface area contributed by atoms with Gasteiger partial charge in [-0.1, -0.05) is 6.42 Å². The van der Waals surface area contributed by atoms with E-state index in [1.54, 1.807) is 0 Å². The quantitative estimate of drug-likeness (QED) is 0.637. The second-order valence-electron chi connectivity index (χ2n) is 4.85. The lowest BCUT2D eigenvalue weighted by atomic mass is 10.1. The molecule has 14 heavy (non-hydrogen) atoms. The van der Waals surface area contributed by atoms with Crippen molar-refractivity contribution in [2.75, 3.05) is 33.2 Å². The van der Waals surface area contributed by atoms with Crippen LogP contribution < -0.4 is 0 Å². The number of rotatable bonds is 1. The van der Waals surface area contributed by atoms with E-state index in [2.05, 4.69) is 30.7 Å². The van der Waals surface area contributed by atoms with Gasteiger partial charge in [0.1, 0.15) is 0 Å². The Morgan fingerprint density at radius 3 is 2.07 bits per heavy atom. The third-order valence-corrected chi connectivity index (χ3v) is 3.20. The molecule has 1 fully saturated rings. The van der Waals surface area contributed by atoms with Crippen molar-refractivity contribution in [3.63, 3.8) is 0 Å². The first-order chi connectivity index (χ1) is 6.70. The van der Waals surface area contributed by atoms with Gasteiger partial charge in [-0.05, 0) is 66.3 Å². The van der Waals surface area contributed by atoms with E-state index in [1.165, 1.54) is 51.9 Å². The van der Waals surface area contributed by atoms with Crippen molar-refractivity contribution in [3.8, 4) is 0 Å². The molecule has 0 N–H and O–H groups in total. The molecular formula is C12H26N2. The topological polar surface area (TPSA) is 6.48 Å². The maximum atomic E-state index is 2.62. The summed E-state index contributed by atoms with van der Waals surface area (Å²) in [5, 5.41) is 0. The van der Waals surface area contributed by atoms with Crippen molar-refractivity contribution in [2.45, 2.75) is 45.6 Å². The van der Waals surface area contributed by atoms with Gasteiger partial charge in [0.2, 0.25) is 0 Å². The Kier molecular flexibility index (Phi) is 5.49. The van der Waals surface area contributed by atoms with Crippen LogP contribution in [0.25, 0.3) is 0 Å². The molecule has 1 aliphatic heterocycles. The smallest absolute Gasteiger partial charge is 0.00385 e. The van der Waals surface area contributed by atoms with E-state index in [9.17, 15) is 0 Å². The van der Waals surface area contributed by atoms with Crippen LogP contribution in [0.3, 0.4) is 0 Å². The third kappa shape index (κ3) is 4.43. The summed E-state index contributed by atoms with van der Waals surface area (Å²) in [6.07, 6.45) is 5.48. The predicted molar refractivity (Wildman–Crippen MR) is 62.7 cm³/mol. The van der Waals surface area contributed by atoms with Crippen molar-refractivity contribution in [1.29, 1.82) is 0 Å². The average Bonchev–Trinajstić information content (AvgIpc) is 2.15. The second-order valence-corrected chi connectivity index (χ2v) is 4.85. The van der Waals surface area contributed by atoms with Crippen molar-refractivity contribution >= 4 is 0 Å². The molecule has 0 radical (unpaired) electrons. The van der Waals surface area contributed by atoms with E-state index in [4.69, 9.17) is 0 Å². The standard InChI is InChI=1S/C12H26N2/c1-12(2)14-10-6-4-5-8-13(3)9-7-11-14/h12H,4-11H2,1-3H3. The molecule has 0 aliphatic carbocycles. The molecule has 0 aromatic heterocycles. The molecule has 84 valence electrons. The number of hydrogen-bond acceptors (Lipinski definition) is 2. The normalized spacial score (nSPS) is 24.0. The van der Waals surface area contributed by atoms with Gasteiger partial charge in [-0.3, -0.25) is 0 Å². The lowest BCUT2D eigenvalue weighted by molar-refractivity contribution is 0.190. The lowest BCUT2D eigenvalue weighted by Gasteiger charge is -2.29. The maximum Gasteiger partial charge on any atom is 0.00385 e. The molecule has 0 aromatic carbocycles. The van der Waals surface area contributed by atoms with Gasteiger partial charge in [0.25, 0.3) is 0 Å². The highest BCUT2D eigenvalue weighted by Crippen LogP contribution is 2.07. The molecule has 0 spiro atoms. The zero-order valence-electron chi connectivity index (χ0n) is 10.1. The molecule has 2 nitrogen and oxygen atoms in total. The van der Waals surface area contributed by atoms with Gasteiger partial charge >= 0.3 is 0 Å². The third-order valence-electron chi connectivity index (χ3n) is 3.20. The molecule has 0 aromatic rings.